The first-order chi connectivity index (χ1) is 11.3. The Bertz CT molecular complexity index is 704. The number of nitrogens with zero attached hydrogens (tertiary/aromatic N) is 1. The average Bonchev–Trinajstić information content (AvgIpc) is 3.00. The molecule has 1 N–H and O–H groups in total. The van der Waals surface area contributed by atoms with Gasteiger partial charge in [-0.05, 0) is 18.6 Å². The highest BCUT2D eigenvalue weighted by Crippen LogP contribution is 2.29. The lowest BCUT2D eigenvalue weighted by Gasteiger charge is -2.18. The Balaban J connectivity index is 2.09. The summed E-state index contributed by atoms with van der Waals surface area (Å²) in [6, 6.07) is 6.51. The number of hydrogen-bond acceptors (Lipinski definition) is 4. The monoisotopic (exact) mass is 346 g/mol. The van der Waals surface area contributed by atoms with Crippen molar-refractivity contribution >= 4 is 5.91 Å². The maximum atomic E-state index is 13.0. The van der Waals surface area contributed by atoms with Crippen molar-refractivity contribution in [1.82, 2.24) is 10.5 Å². The Labute approximate surface area is 134 Å². The fourth-order valence-electron chi connectivity index (χ4n) is 1.80. The third kappa shape index (κ3) is 4.24. The van der Waals surface area contributed by atoms with Crippen LogP contribution in [-0.2, 0) is 13.0 Å². The molecule has 2 rings (SSSR count). The summed E-state index contributed by atoms with van der Waals surface area (Å²) in [5.41, 5.74) is 0.396. The Hall–Kier alpha value is -2.58. The van der Waals surface area contributed by atoms with Crippen molar-refractivity contribution in [2.75, 3.05) is 0 Å². The molecule has 0 fully saturated rings. The average molecular weight is 346 g/mol. The summed E-state index contributed by atoms with van der Waals surface area (Å²) in [6.45, 7) is 1.84. The van der Waals surface area contributed by atoms with Crippen molar-refractivity contribution in [1.29, 1.82) is 0 Å². The summed E-state index contributed by atoms with van der Waals surface area (Å²) in [5.74, 6) is -1.05. The van der Waals surface area contributed by atoms with Crippen molar-refractivity contribution in [2.24, 2.45) is 0 Å². The van der Waals surface area contributed by atoms with Gasteiger partial charge in [0.15, 0.2) is 5.76 Å². The zero-order chi connectivity index (χ0) is 17.7. The highest BCUT2D eigenvalue weighted by molar-refractivity contribution is 5.96. The van der Waals surface area contributed by atoms with Crippen molar-refractivity contribution in [2.45, 2.75) is 32.4 Å². The first-order valence-corrected chi connectivity index (χ1v) is 7.00. The van der Waals surface area contributed by atoms with Crippen LogP contribution in [0.3, 0.4) is 0 Å². The third-order valence-corrected chi connectivity index (χ3v) is 3.02. The maximum Gasteiger partial charge on any atom is 0.461 e. The molecule has 0 aliphatic carbocycles. The number of carbonyl (C=O) groups is 1. The van der Waals surface area contributed by atoms with Gasteiger partial charge in [-0.3, -0.25) is 4.79 Å². The second-order valence-corrected chi connectivity index (χ2v) is 4.78. The molecular formula is C15H14F4N2O3. The first kappa shape index (κ1) is 17.8. The van der Waals surface area contributed by atoms with E-state index in [0.717, 1.165) is 6.07 Å². The molecule has 0 aliphatic heterocycles. The molecule has 9 heteroatoms. The van der Waals surface area contributed by atoms with E-state index in [-0.39, 0.29) is 12.1 Å². The number of rotatable bonds is 7. The Morgan fingerprint density at radius 2 is 2.08 bits per heavy atom. The number of aryl methyl sites for hydroxylation is 1. The summed E-state index contributed by atoms with van der Waals surface area (Å²) >= 11 is 0. The van der Waals surface area contributed by atoms with Gasteiger partial charge in [-0.25, -0.2) is 0 Å². The lowest BCUT2D eigenvalue weighted by Crippen LogP contribution is -2.34. The van der Waals surface area contributed by atoms with Crippen LogP contribution in [-0.4, -0.2) is 23.6 Å². The smallest absolute Gasteiger partial charge is 0.427 e. The predicted molar refractivity (Wildman–Crippen MR) is 75.1 cm³/mol. The first-order valence-electron chi connectivity index (χ1n) is 7.00. The van der Waals surface area contributed by atoms with Crippen LogP contribution in [0.4, 0.5) is 17.6 Å². The number of benzene rings is 1. The van der Waals surface area contributed by atoms with Gasteiger partial charge in [0, 0.05) is 6.07 Å². The molecule has 0 radical (unpaired) electrons. The number of carbonyl (C=O) groups excluding carboxylic acids is 1. The second kappa shape index (κ2) is 7.33. The number of alkyl halides is 4. The zero-order valence-corrected chi connectivity index (χ0v) is 12.6. The van der Waals surface area contributed by atoms with Crippen molar-refractivity contribution in [3.8, 4) is 5.75 Å². The maximum absolute atomic E-state index is 13.0. The molecule has 0 atom stereocenters. The van der Waals surface area contributed by atoms with Gasteiger partial charge >= 0.3 is 12.5 Å². The molecule has 0 aliphatic rings. The molecule has 0 spiro atoms. The van der Waals surface area contributed by atoms with Crippen molar-refractivity contribution in [3.63, 3.8) is 0 Å². The van der Waals surface area contributed by atoms with E-state index < -0.39 is 24.2 Å². The zero-order valence-electron chi connectivity index (χ0n) is 12.6. The highest BCUT2D eigenvalue weighted by atomic mass is 19.3. The number of para-hydroxylation sites is 1. The van der Waals surface area contributed by atoms with E-state index in [9.17, 15) is 22.4 Å². The summed E-state index contributed by atoms with van der Waals surface area (Å²) < 4.78 is 59.5. The van der Waals surface area contributed by atoms with Gasteiger partial charge < -0.3 is 14.6 Å². The van der Waals surface area contributed by atoms with Gasteiger partial charge in [0.25, 0.3) is 5.91 Å². The fraction of sp³-hybridized carbons (Fsp3) is 0.333. The SMILES string of the molecule is CCc1cc(CNC(=O)c2ccccc2OC(F)(F)C(F)F)on1. The topological polar surface area (TPSA) is 64.4 Å². The summed E-state index contributed by atoms with van der Waals surface area (Å²) in [4.78, 5) is 12.1. The van der Waals surface area contributed by atoms with Crippen molar-refractivity contribution < 1.29 is 31.6 Å². The van der Waals surface area contributed by atoms with Crippen LogP contribution in [0.2, 0.25) is 0 Å². The van der Waals surface area contributed by atoms with Gasteiger partial charge in [-0.2, -0.15) is 17.6 Å². The minimum absolute atomic E-state index is 0.0363. The van der Waals surface area contributed by atoms with Gasteiger partial charge in [-0.15, -0.1) is 0 Å². The summed E-state index contributed by atoms with van der Waals surface area (Å²) in [6.07, 6.45) is -8.07. The lowest BCUT2D eigenvalue weighted by molar-refractivity contribution is -0.253. The van der Waals surface area contributed by atoms with Crippen LogP contribution < -0.4 is 10.1 Å². The predicted octanol–water partition coefficient (Wildman–Crippen LogP) is 3.40. The van der Waals surface area contributed by atoms with Crippen LogP contribution in [0.1, 0.15) is 28.7 Å². The van der Waals surface area contributed by atoms with Crippen LogP contribution in [0.25, 0.3) is 0 Å². The van der Waals surface area contributed by atoms with Crippen LogP contribution in [0.15, 0.2) is 34.9 Å². The minimum Gasteiger partial charge on any atom is -0.427 e. The number of hydrogen-bond donors (Lipinski definition) is 1. The van der Waals surface area contributed by atoms with E-state index in [1.165, 1.54) is 18.2 Å². The van der Waals surface area contributed by atoms with Gasteiger partial charge in [0.2, 0.25) is 0 Å². The van der Waals surface area contributed by atoms with E-state index in [1.54, 1.807) is 6.07 Å². The molecule has 1 aromatic heterocycles. The van der Waals surface area contributed by atoms with Gasteiger partial charge in [0.1, 0.15) is 5.75 Å². The second-order valence-electron chi connectivity index (χ2n) is 4.78. The standard InChI is InChI=1S/C15H14F4N2O3/c1-2-9-7-10(24-21-9)8-20-13(22)11-5-3-4-6-12(11)23-15(18,19)14(16)17/h3-7,14H,2,8H2,1H3,(H,20,22). The minimum atomic E-state index is -4.70. The van der Waals surface area contributed by atoms with E-state index >= 15 is 0 Å². The number of aromatic nitrogens is 1. The molecule has 0 bridgehead atoms. The van der Waals surface area contributed by atoms with E-state index in [4.69, 9.17) is 4.52 Å². The summed E-state index contributed by atoms with van der Waals surface area (Å²) in [7, 11) is 0. The molecule has 5 nitrogen and oxygen atoms in total. The molecule has 130 valence electrons. The van der Waals surface area contributed by atoms with E-state index in [0.29, 0.717) is 17.9 Å². The number of ether oxygens (including phenoxy) is 1. The third-order valence-electron chi connectivity index (χ3n) is 3.02. The van der Waals surface area contributed by atoms with Crippen LogP contribution in [0, 0.1) is 0 Å². The highest BCUT2D eigenvalue weighted by Gasteiger charge is 2.44. The fourth-order valence-corrected chi connectivity index (χ4v) is 1.80. The summed E-state index contributed by atoms with van der Waals surface area (Å²) in [5, 5.41) is 6.16. The van der Waals surface area contributed by atoms with Crippen molar-refractivity contribution in [3.05, 3.63) is 47.3 Å². The normalized spacial score (nSPS) is 11.6. The number of amides is 1. The molecule has 0 unspecified atom stereocenters. The van der Waals surface area contributed by atoms with Crippen LogP contribution in [0.5, 0.6) is 5.75 Å². The largest absolute Gasteiger partial charge is 0.461 e. The Morgan fingerprint density at radius 3 is 2.71 bits per heavy atom. The number of nitrogens with one attached hydrogen (secondary N) is 1. The van der Waals surface area contributed by atoms with Gasteiger partial charge in [-0.1, -0.05) is 24.2 Å². The molecule has 0 saturated heterocycles. The van der Waals surface area contributed by atoms with Gasteiger partial charge in [0.05, 0.1) is 17.8 Å². The molecule has 0 saturated carbocycles. The molecule has 1 heterocycles. The molecule has 2 aromatic rings. The number of halogens is 4. The Kier molecular flexibility index (Phi) is 5.42. The van der Waals surface area contributed by atoms with Crippen LogP contribution >= 0.6 is 0 Å². The van der Waals surface area contributed by atoms with E-state index in [1.807, 2.05) is 6.92 Å². The Morgan fingerprint density at radius 1 is 1.38 bits per heavy atom. The lowest BCUT2D eigenvalue weighted by atomic mass is 10.2. The molecule has 1 amide bonds. The van der Waals surface area contributed by atoms with E-state index in [2.05, 4.69) is 15.2 Å². The quantitative estimate of drug-likeness (QED) is 0.781. The molecule has 1 aromatic carbocycles. The molecule has 24 heavy (non-hydrogen) atoms. The molecular weight excluding hydrogens is 332 g/mol.